The maximum atomic E-state index is 9.48. The Balaban J connectivity index is -0.0000000472. The van der Waals surface area contributed by atoms with Crippen LogP contribution in [0.5, 0.6) is 0 Å². The van der Waals surface area contributed by atoms with E-state index in [4.69, 9.17) is 40.4 Å². The molecule has 0 aliphatic heterocycles. The van der Waals surface area contributed by atoms with E-state index in [-0.39, 0.29) is 24.6 Å². The van der Waals surface area contributed by atoms with Crippen LogP contribution in [0.1, 0.15) is 0 Å². The predicted molar refractivity (Wildman–Crippen MR) is 85.3 cm³/mol. The summed E-state index contributed by atoms with van der Waals surface area (Å²) in [7, 11) is -21.5. The van der Waals surface area contributed by atoms with Gasteiger partial charge in [0.15, 0.2) is 0 Å². The van der Waals surface area contributed by atoms with Crippen LogP contribution < -0.4 is 44.2 Å². The minimum absolute atomic E-state index is 0. The molecule has 0 saturated carbocycles. The molecular weight excluding hydrogens is 628 g/mol. The normalized spacial score (nSPS) is 20.8. The van der Waals surface area contributed by atoms with Crippen LogP contribution in [0.15, 0.2) is 0 Å². The SMILES string of the molecule is N.N.O=P([O-])(O)OP(=O)([O-])O.O=P([O-])(O)OP(=O)([O-])O.O[Te](O)(O)(O)([OH2+])[OH2+].[NH4+].[NH4+]. The van der Waals surface area contributed by atoms with Gasteiger partial charge in [0.25, 0.3) is 31.3 Å². The van der Waals surface area contributed by atoms with E-state index in [1.165, 1.54) is 0 Å². The molecule has 0 spiro atoms. The Morgan fingerprint density at radius 1 is 0.586 bits per heavy atom. The Morgan fingerprint density at radius 3 is 0.655 bits per heavy atom. The van der Waals surface area contributed by atoms with E-state index in [1.807, 2.05) is 0 Å². The summed E-state index contributed by atoms with van der Waals surface area (Å²) in [4.78, 5) is 68.3. The number of phosphoric acid groups is 4. The van der Waals surface area contributed by atoms with Crippen molar-refractivity contribution < 1.29 is 86.9 Å². The first-order valence-electron chi connectivity index (χ1n) is 4.13. The Hall–Kier alpha value is 0.910. The summed E-state index contributed by atoms with van der Waals surface area (Å²) in [5, 5.41) is 0. The van der Waals surface area contributed by atoms with Crippen LogP contribution >= 0.6 is 31.3 Å². The Kier molecular flexibility index (Phi) is 21.1. The van der Waals surface area contributed by atoms with E-state index < -0.39 is 49.2 Å². The van der Waals surface area contributed by atoms with Crippen LogP contribution in [-0.4, -0.2) is 58.3 Å². The zero-order chi connectivity index (χ0) is 21.8. The van der Waals surface area contributed by atoms with Gasteiger partial charge in [-0.05, 0) is 0 Å². The number of rotatable bonds is 4. The van der Waals surface area contributed by atoms with Crippen LogP contribution in [0.2, 0.25) is 0 Å². The molecule has 4 unspecified atom stereocenters. The monoisotopic (exact) mass is 656 g/mol. The van der Waals surface area contributed by atoms with Crippen LogP contribution in [-0.2, 0) is 26.9 Å². The maximum Gasteiger partial charge on any atom is -0.369 e. The molecule has 0 bridgehead atoms. The molecule has 0 saturated heterocycles. The molecule has 0 aliphatic rings. The first-order chi connectivity index (χ1) is 9.86. The molecule has 0 aromatic heterocycles. The fourth-order valence-corrected chi connectivity index (χ4v) is 2.35. The van der Waals surface area contributed by atoms with Crippen molar-refractivity contribution in [2.45, 2.75) is 0 Å². The molecule has 29 heteroatoms. The quantitative estimate of drug-likeness (QED) is 0.0761. The first kappa shape index (κ1) is 47.6. The number of hydrogen-bond acceptors (Lipinski definition) is 16. The van der Waals surface area contributed by atoms with Gasteiger partial charge < -0.3 is 63.7 Å². The maximum absolute atomic E-state index is 9.48. The van der Waals surface area contributed by atoms with Crippen molar-refractivity contribution >= 4 is 49.2 Å². The van der Waals surface area contributed by atoms with E-state index in [2.05, 4.69) is 8.62 Å². The third-order valence-corrected chi connectivity index (χ3v) is 3.71. The molecule has 0 radical (unpaired) electrons. The third kappa shape index (κ3) is 126. The van der Waals surface area contributed by atoms with Crippen molar-refractivity contribution in [3.63, 3.8) is 0 Å². The van der Waals surface area contributed by atoms with E-state index in [0.29, 0.717) is 0 Å². The van der Waals surface area contributed by atoms with Crippen LogP contribution in [0.4, 0.5) is 0 Å². The largest absolute Gasteiger partial charge is 0.369 e. The predicted octanol–water partition coefficient (Wildman–Crippen LogP) is -7.33. The summed E-state index contributed by atoms with van der Waals surface area (Å²) >= 11 is -7.68. The van der Waals surface area contributed by atoms with Gasteiger partial charge in [-0.15, -0.1) is 0 Å². The minimum atomic E-state index is -7.68. The van der Waals surface area contributed by atoms with Gasteiger partial charge in [0, 0.05) is 0 Å². The zero-order valence-electron chi connectivity index (χ0n) is 14.3. The molecule has 0 aromatic carbocycles. The summed E-state index contributed by atoms with van der Waals surface area (Å²) in [5.41, 5.74) is 0. The summed E-state index contributed by atoms with van der Waals surface area (Å²) in [6.45, 7) is 0. The van der Waals surface area contributed by atoms with Crippen molar-refractivity contribution in [3.05, 3.63) is 0 Å². The topological polar surface area (TPSA) is 530 Å². The van der Waals surface area contributed by atoms with Crippen LogP contribution in [0, 0.1) is 0 Å². The summed E-state index contributed by atoms with van der Waals surface area (Å²) in [6, 6.07) is 0. The van der Waals surface area contributed by atoms with Crippen LogP contribution in [0.3, 0.4) is 0 Å². The Labute approximate surface area is 161 Å². The van der Waals surface area contributed by atoms with Crippen LogP contribution in [0.25, 0.3) is 0 Å². The van der Waals surface area contributed by atoms with Gasteiger partial charge in [-0.3, -0.25) is 18.3 Å². The number of hydrogen-bond donors (Lipinski definition) is 12. The molecule has 0 aliphatic carbocycles. The van der Waals surface area contributed by atoms with E-state index in [0.717, 1.165) is 0 Å². The molecule has 4 atom stereocenters. The first-order valence-corrected chi connectivity index (χ1v) is 16.6. The minimum Gasteiger partial charge on any atom is -0.369 e. The third-order valence-electron chi connectivity index (χ3n) is 0.413. The summed E-state index contributed by atoms with van der Waals surface area (Å²) in [5.74, 6) is 0. The summed E-state index contributed by atoms with van der Waals surface area (Å²) < 4.78 is 85.4. The van der Waals surface area contributed by atoms with Gasteiger partial charge in [-0.1, -0.05) is 0 Å². The molecular formula is H26N4O20P4Te. The van der Waals surface area contributed by atoms with Gasteiger partial charge in [0.05, 0.1) is 0 Å². The standard InChI is InChI=1S/4H3N.2H4O7P2.H6O6Te/c;;;;2*1-8(2,3)7-9(4,5)6;1-7(2,3,4,5)6/h4*1H3;2*(H2,1,2,3)(H2,4,5,6);1-6H. The fourth-order valence-electron chi connectivity index (χ4n) is 0.261. The molecule has 24 nitrogen and oxygen atoms in total. The second-order valence-corrected chi connectivity index (χ2v) is 16.0. The Morgan fingerprint density at radius 2 is 0.655 bits per heavy atom. The van der Waals surface area contributed by atoms with Crippen molar-refractivity contribution in [1.29, 1.82) is 0 Å². The molecule has 0 fully saturated rings. The second-order valence-electron chi connectivity index (χ2n) is 3.36. The smallest absolute Gasteiger partial charge is 0.369 e. The van der Waals surface area contributed by atoms with E-state index in [9.17, 15) is 37.8 Å². The van der Waals surface area contributed by atoms with Gasteiger partial charge in [-0.2, -0.15) is 0 Å². The number of quaternary nitrogens is 2. The van der Waals surface area contributed by atoms with Gasteiger partial charge in [-0.25, -0.2) is 8.62 Å². The van der Waals surface area contributed by atoms with Crippen molar-refractivity contribution in [2.75, 3.05) is 0 Å². The van der Waals surface area contributed by atoms with Crippen molar-refractivity contribution in [3.8, 4) is 0 Å². The Bertz CT molecular complexity index is 515. The second kappa shape index (κ2) is 12.8. The van der Waals surface area contributed by atoms with Gasteiger partial charge in [0.1, 0.15) is 0 Å². The van der Waals surface area contributed by atoms with Gasteiger partial charge in [0.2, 0.25) is 0 Å². The molecule has 192 valence electrons. The van der Waals surface area contributed by atoms with E-state index >= 15 is 0 Å². The molecule has 0 heterocycles. The molecule has 0 aromatic rings. The summed E-state index contributed by atoms with van der Waals surface area (Å²) in [6.07, 6.45) is 0. The molecule has 29 heavy (non-hydrogen) atoms. The zero-order valence-corrected chi connectivity index (χ0v) is 20.2. The molecule has 26 N–H and O–H groups in total. The molecule has 0 rings (SSSR count). The molecule has 0 amide bonds. The van der Waals surface area contributed by atoms with Crippen molar-refractivity contribution in [2.24, 2.45) is 0 Å². The average molecular weight is 654 g/mol. The fraction of sp³-hybridized carbons (Fsp3) is 0. The van der Waals surface area contributed by atoms with Crippen molar-refractivity contribution in [1.82, 2.24) is 24.6 Å². The average Bonchev–Trinajstić information content (AvgIpc) is 1.77. The van der Waals surface area contributed by atoms with E-state index in [1.54, 1.807) is 0 Å². The van der Waals surface area contributed by atoms with Gasteiger partial charge >= 0.3 is 38.7 Å².